The van der Waals surface area contributed by atoms with Gasteiger partial charge in [-0.3, -0.25) is 19.7 Å². The van der Waals surface area contributed by atoms with Gasteiger partial charge in [0.1, 0.15) is 12.6 Å². The first kappa shape index (κ1) is 22.6. The molecule has 2 fully saturated rings. The van der Waals surface area contributed by atoms with E-state index >= 15 is 0 Å². The minimum atomic E-state index is -0.421. The van der Waals surface area contributed by atoms with Gasteiger partial charge in [0.15, 0.2) is 5.76 Å². The summed E-state index contributed by atoms with van der Waals surface area (Å²) in [6, 6.07) is 8.29. The zero-order valence-corrected chi connectivity index (χ0v) is 19.0. The van der Waals surface area contributed by atoms with Gasteiger partial charge >= 0.3 is 0 Å². The third-order valence-electron chi connectivity index (χ3n) is 6.74. The third-order valence-corrected chi connectivity index (χ3v) is 6.74. The summed E-state index contributed by atoms with van der Waals surface area (Å²) in [5.74, 6) is -0.380. The minimum Gasteiger partial charge on any atom is -0.484 e. The van der Waals surface area contributed by atoms with Crippen molar-refractivity contribution in [2.24, 2.45) is 0 Å². The fraction of sp³-hybridized carbons (Fsp3) is 0.423. The highest BCUT2D eigenvalue weighted by Crippen LogP contribution is 2.32. The van der Waals surface area contributed by atoms with Gasteiger partial charge in [0.05, 0.1) is 0 Å². The molecule has 0 radical (unpaired) electrons. The van der Waals surface area contributed by atoms with Crippen LogP contribution in [0.15, 0.2) is 59.5 Å². The molecule has 1 aromatic rings. The van der Waals surface area contributed by atoms with Gasteiger partial charge in [0.2, 0.25) is 17.6 Å². The molecule has 1 unspecified atom stereocenters. The molecule has 4 aliphatic rings. The molecule has 0 bridgehead atoms. The predicted molar refractivity (Wildman–Crippen MR) is 124 cm³/mol. The van der Waals surface area contributed by atoms with Crippen LogP contribution in [0.25, 0.3) is 0 Å². The molecule has 0 aromatic heterocycles. The lowest BCUT2D eigenvalue weighted by molar-refractivity contribution is -0.136. The van der Waals surface area contributed by atoms with Gasteiger partial charge in [0, 0.05) is 50.5 Å². The Balaban J connectivity index is 1.20. The van der Waals surface area contributed by atoms with E-state index in [4.69, 9.17) is 9.47 Å². The van der Waals surface area contributed by atoms with Crippen LogP contribution in [-0.4, -0.2) is 54.3 Å². The first-order valence-electron chi connectivity index (χ1n) is 11.9. The summed E-state index contributed by atoms with van der Waals surface area (Å²) < 4.78 is 11.4. The lowest BCUT2D eigenvalue weighted by atomic mass is 10.00. The van der Waals surface area contributed by atoms with Crippen molar-refractivity contribution in [1.82, 2.24) is 15.5 Å². The van der Waals surface area contributed by atoms with Gasteiger partial charge in [-0.1, -0.05) is 24.3 Å². The summed E-state index contributed by atoms with van der Waals surface area (Å²) in [4.78, 5) is 38.2. The molecular formula is C26H29N3O5. The number of nitrogens with zero attached hydrogens (tertiary/aromatic N) is 1. The van der Waals surface area contributed by atoms with E-state index in [1.54, 1.807) is 6.08 Å². The number of nitrogens with one attached hydrogen (secondary N) is 2. The van der Waals surface area contributed by atoms with E-state index in [1.807, 2.05) is 23.2 Å². The number of rotatable bonds is 7. The molecule has 5 rings (SSSR count). The standard InChI is InChI=1S/C26H29N3O5/c30-23-7-5-19-14-29(22-6-8-24(31)28-26(22)32)15-21(19)25(23)34-16-18-3-1-17(2-4-18)13-27-20-9-11-33-12-10-20/h1-5,7,14,20,22,27H,6,8-13,15-16H2,(H,28,31,32). The molecule has 1 aliphatic carbocycles. The van der Waals surface area contributed by atoms with Crippen LogP contribution in [0.2, 0.25) is 0 Å². The molecule has 2 amide bonds. The van der Waals surface area contributed by atoms with Crippen LogP contribution in [0.3, 0.4) is 0 Å². The van der Waals surface area contributed by atoms with Crippen molar-refractivity contribution in [3.63, 3.8) is 0 Å². The topological polar surface area (TPSA) is 97.0 Å². The third kappa shape index (κ3) is 4.98. The number of carbonyl (C=O) groups is 3. The molecule has 8 nitrogen and oxygen atoms in total. The van der Waals surface area contributed by atoms with Crippen LogP contribution in [0.1, 0.15) is 36.8 Å². The van der Waals surface area contributed by atoms with Crippen molar-refractivity contribution < 1.29 is 23.9 Å². The fourth-order valence-electron chi connectivity index (χ4n) is 4.74. The van der Waals surface area contributed by atoms with Gasteiger partial charge in [-0.05, 0) is 48.1 Å². The summed E-state index contributed by atoms with van der Waals surface area (Å²) in [5, 5.41) is 5.97. The van der Waals surface area contributed by atoms with Gasteiger partial charge < -0.3 is 19.7 Å². The summed E-state index contributed by atoms with van der Waals surface area (Å²) in [5.41, 5.74) is 3.84. The average molecular weight is 464 g/mol. The summed E-state index contributed by atoms with van der Waals surface area (Å²) in [6.45, 7) is 3.15. The summed E-state index contributed by atoms with van der Waals surface area (Å²) in [6.07, 6.45) is 8.01. The number of hydrogen-bond acceptors (Lipinski definition) is 7. The Bertz CT molecular complexity index is 1070. The molecule has 178 valence electrons. The second-order valence-electron chi connectivity index (χ2n) is 9.10. The number of allylic oxidation sites excluding steroid dienone is 2. The highest BCUT2D eigenvalue weighted by Gasteiger charge is 2.36. The van der Waals surface area contributed by atoms with Crippen molar-refractivity contribution in [1.29, 1.82) is 0 Å². The zero-order valence-electron chi connectivity index (χ0n) is 19.0. The minimum absolute atomic E-state index is 0.172. The second-order valence-corrected chi connectivity index (χ2v) is 9.10. The Hall–Kier alpha value is -3.23. The highest BCUT2D eigenvalue weighted by molar-refractivity contribution is 6.06. The van der Waals surface area contributed by atoms with E-state index < -0.39 is 6.04 Å². The Kier molecular flexibility index (Phi) is 6.60. The number of ether oxygens (including phenoxy) is 2. The number of piperidine rings is 1. The molecular weight excluding hydrogens is 434 g/mol. The number of imide groups is 1. The van der Waals surface area contributed by atoms with Crippen LogP contribution >= 0.6 is 0 Å². The first-order valence-corrected chi connectivity index (χ1v) is 11.9. The first-order chi connectivity index (χ1) is 16.6. The van der Waals surface area contributed by atoms with Crippen molar-refractivity contribution in [3.05, 3.63) is 70.6 Å². The smallest absolute Gasteiger partial charge is 0.249 e. The van der Waals surface area contributed by atoms with E-state index in [0.29, 0.717) is 31.2 Å². The molecule has 3 aliphatic heterocycles. The SMILES string of the molecule is O=C1CCC(N2C=C3C=CC(=O)C(OCc4ccc(CNC5CCOCC5)cc4)=C3C2)C(=O)N1. The van der Waals surface area contributed by atoms with Crippen molar-refractivity contribution in [3.8, 4) is 0 Å². The van der Waals surface area contributed by atoms with E-state index in [2.05, 4.69) is 22.8 Å². The monoisotopic (exact) mass is 463 g/mol. The zero-order chi connectivity index (χ0) is 23.5. The van der Waals surface area contributed by atoms with Crippen LogP contribution in [-0.2, 0) is 37.0 Å². The van der Waals surface area contributed by atoms with Crippen LogP contribution in [0.5, 0.6) is 0 Å². The Morgan fingerprint density at radius 3 is 2.56 bits per heavy atom. The molecule has 0 saturated carbocycles. The number of fused-ring (bicyclic) bond motifs is 1. The lowest BCUT2D eigenvalue weighted by Gasteiger charge is -2.29. The van der Waals surface area contributed by atoms with Crippen LogP contribution < -0.4 is 10.6 Å². The van der Waals surface area contributed by atoms with E-state index in [9.17, 15) is 14.4 Å². The maximum Gasteiger partial charge on any atom is 0.249 e. The molecule has 8 heteroatoms. The molecule has 1 aromatic carbocycles. The molecule has 1 atom stereocenters. The normalized spacial score (nSPS) is 23.2. The largest absolute Gasteiger partial charge is 0.484 e. The number of benzene rings is 1. The van der Waals surface area contributed by atoms with E-state index in [1.165, 1.54) is 11.6 Å². The van der Waals surface area contributed by atoms with Gasteiger partial charge in [-0.25, -0.2) is 0 Å². The quantitative estimate of drug-likeness (QED) is 0.596. The van der Waals surface area contributed by atoms with Gasteiger partial charge in [-0.2, -0.15) is 0 Å². The second kappa shape index (κ2) is 9.95. The summed E-state index contributed by atoms with van der Waals surface area (Å²) >= 11 is 0. The number of hydrogen-bond donors (Lipinski definition) is 2. The molecule has 3 heterocycles. The Morgan fingerprint density at radius 1 is 1.03 bits per heavy atom. The maximum absolute atomic E-state index is 12.6. The van der Waals surface area contributed by atoms with Gasteiger partial charge in [0.25, 0.3) is 0 Å². The fourth-order valence-corrected chi connectivity index (χ4v) is 4.74. The molecule has 2 saturated heterocycles. The Morgan fingerprint density at radius 2 is 1.79 bits per heavy atom. The van der Waals surface area contributed by atoms with Crippen molar-refractivity contribution >= 4 is 17.6 Å². The number of ketones is 1. The molecule has 0 spiro atoms. The van der Waals surface area contributed by atoms with Crippen molar-refractivity contribution in [2.75, 3.05) is 19.8 Å². The van der Waals surface area contributed by atoms with Crippen LogP contribution in [0.4, 0.5) is 0 Å². The van der Waals surface area contributed by atoms with E-state index in [0.717, 1.165) is 49.3 Å². The summed E-state index contributed by atoms with van der Waals surface area (Å²) in [7, 11) is 0. The molecule has 2 N–H and O–H groups in total. The van der Waals surface area contributed by atoms with Crippen LogP contribution in [0, 0.1) is 0 Å². The maximum atomic E-state index is 12.6. The lowest BCUT2D eigenvalue weighted by Crippen LogP contribution is -2.50. The Labute approximate surface area is 198 Å². The van der Waals surface area contributed by atoms with Gasteiger partial charge in [-0.15, -0.1) is 0 Å². The molecule has 34 heavy (non-hydrogen) atoms. The van der Waals surface area contributed by atoms with Crippen molar-refractivity contribution in [2.45, 2.75) is 50.9 Å². The van der Waals surface area contributed by atoms with E-state index in [-0.39, 0.29) is 24.2 Å². The number of amides is 2. The average Bonchev–Trinajstić information content (AvgIpc) is 3.27. The number of carbonyl (C=O) groups excluding carboxylic acids is 3. The highest BCUT2D eigenvalue weighted by atomic mass is 16.5. The predicted octanol–water partition coefficient (Wildman–Crippen LogP) is 1.87.